The van der Waals surface area contributed by atoms with E-state index in [0.717, 1.165) is 11.3 Å². The number of thioether (sulfide) groups is 1. The minimum Gasteiger partial charge on any atom is -0.457 e. The Bertz CT molecular complexity index is 690. The summed E-state index contributed by atoms with van der Waals surface area (Å²) >= 11 is 1.28. The second kappa shape index (κ2) is 7.32. The average molecular weight is 345 g/mol. The third-order valence-electron chi connectivity index (χ3n) is 2.52. The van der Waals surface area contributed by atoms with Crippen molar-refractivity contribution in [2.75, 3.05) is 0 Å². The van der Waals surface area contributed by atoms with Crippen molar-refractivity contribution >= 4 is 34.8 Å². The number of esters is 1. The minimum atomic E-state index is -2.63. The molecule has 0 atom stereocenters. The van der Waals surface area contributed by atoms with Crippen LogP contribution >= 0.6 is 23.1 Å². The summed E-state index contributed by atoms with van der Waals surface area (Å²) < 4.78 is 29.7. The second-order valence-corrected chi connectivity index (χ2v) is 5.94. The number of carbonyl (C=O) groups is 1. The third-order valence-corrected chi connectivity index (χ3v) is 4.32. The molecule has 2 rings (SSSR count). The van der Waals surface area contributed by atoms with Gasteiger partial charge in [0.15, 0.2) is 0 Å². The molecule has 0 fully saturated rings. The molecule has 2 aromatic rings. The molecule has 0 bridgehead atoms. The topological polar surface area (TPSA) is 69.4 Å². The van der Waals surface area contributed by atoms with Crippen LogP contribution in [0, 0.1) is 10.1 Å². The summed E-state index contributed by atoms with van der Waals surface area (Å²) in [6, 6.07) is 7.08. The van der Waals surface area contributed by atoms with Crippen molar-refractivity contribution in [3.8, 4) is 0 Å². The van der Waals surface area contributed by atoms with E-state index in [4.69, 9.17) is 4.74 Å². The lowest BCUT2D eigenvalue weighted by Gasteiger charge is -2.05. The van der Waals surface area contributed by atoms with Gasteiger partial charge in [-0.3, -0.25) is 10.1 Å². The number of nitro groups is 1. The number of ether oxygens (including phenoxy) is 1. The number of thiophene rings is 1. The fourth-order valence-electron chi connectivity index (χ4n) is 1.61. The Labute approximate surface area is 132 Å². The lowest BCUT2D eigenvalue weighted by molar-refractivity contribution is -0.384. The van der Waals surface area contributed by atoms with Gasteiger partial charge in [-0.15, -0.1) is 11.3 Å². The summed E-state index contributed by atoms with van der Waals surface area (Å²) in [5.41, 5.74) is 0.334. The van der Waals surface area contributed by atoms with E-state index < -0.39 is 16.7 Å². The van der Waals surface area contributed by atoms with Crippen molar-refractivity contribution in [3.05, 3.63) is 56.3 Å². The van der Waals surface area contributed by atoms with Crippen molar-refractivity contribution in [2.45, 2.75) is 17.3 Å². The molecule has 116 valence electrons. The molecule has 0 unspecified atom stereocenters. The fraction of sp³-hybridized carbons (Fsp3) is 0.154. The number of non-ortho nitro benzene ring substituents is 1. The lowest BCUT2D eigenvalue weighted by atomic mass is 10.2. The molecule has 0 aliphatic rings. The van der Waals surface area contributed by atoms with Crippen LogP contribution in [-0.2, 0) is 11.3 Å². The van der Waals surface area contributed by atoms with Gasteiger partial charge in [0.1, 0.15) is 11.5 Å². The van der Waals surface area contributed by atoms with Gasteiger partial charge < -0.3 is 4.74 Å². The number of alkyl halides is 2. The van der Waals surface area contributed by atoms with E-state index in [9.17, 15) is 23.7 Å². The number of rotatable bonds is 6. The van der Waals surface area contributed by atoms with Crippen molar-refractivity contribution in [3.63, 3.8) is 0 Å². The first kappa shape index (κ1) is 16.4. The molecule has 1 heterocycles. The number of nitrogens with zero attached hydrogens (tertiary/aromatic N) is 1. The third kappa shape index (κ3) is 4.25. The zero-order valence-electron chi connectivity index (χ0n) is 10.9. The van der Waals surface area contributed by atoms with Gasteiger partial charge in [0.05, 0.1) is 4.92 Å². The summed E-state index contributed by atoms with van der Waals surface area (Å²) in [5.74, 6) is -3.36. The van der Waals surface area contributed by atoms with Crippen LogP contribution in [-0.4, -0.2) is 16.7 Å². The van der Waals surface area contributed by atoms with Crippen molar-refractivity contribution in [2.24, 2.45) is 0 Å². The van der Waals surface area contributed by atoms with Gasteiger partial charge in [-0.2, -0.15) is 8.78 Å². The van der Waals surface area contributed by atoms with Crippen LogP contribution < -0.4 is 0 Å². The molecule has 5 nitrogen and oxygen atoms in total. The Hall–Kier alpha value is -2.00. The van der Waals surface area contributed by atoms with Crippen LogP contribution in [0.5, 0.6) is 0 Å². The van der Waals surface area contributed by atoms with Crippen molar-refractivity contribution in [1.29, 1.82) is 0 Å². The lowest BCUT2D eigenvalue weighted by Crippen LogP contribution is -2.05. The summed E-state index contributed by atoms with van der Waals surface area (Å²) in [6.45, 7) is -0.169. The fourth-order valence-corrected chi connectivity index (χ4v) is 3.19. The highest BCUT2D eigenvalue weighted by Crippen LogP contribution is 2.32. The Morgan fingerprint density at radius 2 is 2.18 bits per heavy atom. The monoisotopic (exact) mass is 345 g/mol. The molecule has 0 aliphatic carbocycles. The molecule has 0 saturated carbocycles. The molecule has 1 aromatic heterocycles. The number of halogens is 2. The summed E-state index contributed by atoms with van der Waals surface area (Å²) in [7, 11) is 0. The van der Waals surface area contributed by atoms with E-state index in [1.54, 1.807) is 6.07 Å². The highest BCUT2D eigenvalue weighted by atomic mass is 32.2. The van der Waals surface area contributed by atoms with Gasteiger partial charge in [-0.05, 0) is 17.0 Å². The maximum absolute atomic E-state index is 12.4. The quantitative estimate of drug-likeness (QED) is 0.337. The van der Waals surface area contributed by atoms with Crippen LogP contribution in [0.15, 0.2) is 40.6 Å². The van der Waals surface area contributed by atoms with Crippen LogP contribution in [0.2, 0.25) is 0 Å². The number of hydrogen-bond acceptors (Lipinski definition) is 6. The van der Waals surface area contributed by atoms with E-state index in [0.29, 0.717) is 5.56 Å². The first-order valence-corrected chi connectivity index (χ1v) is 7.66. The van der Waals surface area contributed by atoms with Gasteiger partial charge in [0.25, 0.3) is 11.4 Å². The summed E-state index contributed by atoms with van der Waals surface area (Å²) in [4.78, 5) is 22.2. The normalized spacial score (nSPS) is 10.7. The molecule has 1 aromatic carbocycles. The molecule has 9 heteroatoms. The van der Waals surface area contributed by atoms with Crippen LogP contribution in [0.3, 0.4) is 0 Å². The molecule has 0 spiro atoms. The Morgan fingerprint density at radius 3 is 2.86 bits per heavy atom. The Balaban J connectivity index is 2.03. The standard InChI is InChI=1S/C13H9F2NO4S2/c14-13(15)22-10-4-5-21-11(10)12(17)20-7-8-2-1-3-9(6-8)16(18)19/h1-6,13H,7H2. The maximum atomic E-state index is 12.4. The largest absolute Gasteiger partial charge is 0.457 e. The van der Waals surface area contributed by atoms with Crippen LogP contribution in [0.25, 0.3) is 0 Å². The Kier molecular flexibility index (Phi) is 5.45. The van der Waals surface area contributed by atoms with Crippen LogP contribution in [0.4, 0.5) is 14.5 Å². The smallest absolute Gasteiger partial charge is 0.349 e. The first-order chi connectivity index (χ1) is 10.5. The highest BCUT2D eigenvalue weighted by Gasteiger charge is 2.18. The Morgan fingerprint density at radius 1 is 1.41 bits per heavy atom. The van der Waals surface area contributed by atoms with Crippen LogP contribution in [0.1, 0.15) is 15.2 Å². The number of hydrogen-bond donors (Lipinski definition) is 0. The van der Waals surface area contributed by atoms with E-state index >= 15 is 0 Å². The first-order valence-electron chi connectivity index (χ1n) is 5.90. The molecule has 22 heavy (non-hydrogen) atoms. The predicted octanol–water partition coefficient (Wildman–Crippen LogP) is 4.33. The van der Waals surface area contributed by atoms with Gasteiger partial charge in [-0.1, -0.05) is 23.9 Å². The summed E-state index contributed by atoms with van der Waals surface area (Å²) in [5, 5.41) is 12.2. The number of benzene rings is 1. The molecule has 0 radical (unpaired) electrons. The molecule has 0 N–H and O–H groups in total. The maximum Gasteiger partial charge on any atom is 0.349 e. The van der Waals surface area contributed by atoms with Gasteiger partial charge in [0, 0.05) is 17.0 Å². The van der Waals surface area contributed by atoms with E-state index in [2.05, 4.69) is 0 Å². The van der Waals surface area contributed by atoms with E-state index in [-0.39, 0.29) is 33.8 Å². The van der Waals surface area contributed by atoms with Gasteiger partial charge in [-0.25, -0.2) is 4.79 Å². The second-order valence-electron chi connectivity index (χ2n) is 4.00. The zero-order chi connectivity index (χ0) is 16.1. The molecule has 0 amide bonds. The zero-order valence-corrected chi connectivity index (χ0v) is 12.5. The van der Waals surface area contributed by atoms with E-state index in [1.165, 1.54) is 29.6 Å². The van der Waals surface area contributed by atoms with Gasteiger partial charge >= 0.3 is 5.97 Å². The van der Waals surface area contributed by atoms with E-state index in [1.807, 2.05) is 0 Å². The molecular weight excluding hydrogens is 336 g/mol. The SMILES string of the molecule is O=C(OCc1cccc([N+](=O)[O-])c1)c1sccc1SC(F)F. The summed E-state index contributed by atoms with van der Waals surface area (Å²) in [6.07, 6.45) is 0. The number of nitro benzene ring substituents is 1. The van der Waals surface area contributed by atoms with Gasteiger partial charge in [0.2, 0.25) is 0 Å². The van der Waals surface area contributed by atoms with Crippen molar-refractivity contribution < 1.29 is 23.2 Å². The molecular formula is C13H9F2NO4S2. The highest BCUT2D eigenvalue weighted by molar-refractivity contribution is 7.99. The number of carbonyl (C=O) groups excluding carboxylic acids is 1. The minimum absolute atomic E-state index is 0.0933. The molecule has 0 saturated heterocycles. The average Bonchev–Trinajstić information content (AvgIpc) is 2.92. The van der Waals surface area contributed by atoms with Crippen molar-refractivity contribution in [1.82, 2.24) is 0 Å². The molecule has 0 aliphatic heterocycles. The predicted molar refractivity (Wildman–Crippen MR) is 78.4 cm³/mol.